The van der Waals surface area contributed by atoms with Gasteiger partial charge in [-0.1, -0.05) is 30.3 Å². The molecule has 0 heterocycles. The summed E-state index contributed by atoms with van der Waals surface area (Å²) in [7, 11) is 4.87. The van der Waals surface area contributed by atoms with E-state index < -0.39 is 11.9 Å². The van der Waals surface area contributed by atoms with Gasteiger partial charge in [0.15, 0.2) is 11.5 Å². The van der Waals surface area contributed by atoms with E-state index in [9.17, 15) is 0 Å². The fourth-order valence-corrected chi connectivity index (χ4v) is 2.35. The Balaban J connectivity index is 0.000000568. The van der Waals surface area contributed by atoms with Crippen LogP contribution in [0.1, 0.15) is 11.1 Å². The highest BCUT2D eigenvalue weighted by atomic mass is 16.5. The first-order chi connectivity index (χ1) is 13.4. The predicted octanol–water partition coefficient (Wildman–Crippen LogP) is 2.20. The van der Waals surface area contributed by atoms with Gasteiger partial charge in [-0.15, -0.1) is 0 Å². The Labute approximate surface area is 163 Å². The van der Waals surface area contributed by atoms with E-state index in [0.717, 1.165) is 25.1 Å². The number of benzene rings is 2. The topological polar surface area (TPSA) is 114 Å². The van der Waals surface area contributed by atoms with Crippen LogP contribution in [0.5, 0.6) is 17.2 Å². The molecule has 0 aliphatic carbocycles. The molecule has 8 heteroatoms. The molecule has 3 N–H and O–H groups in total. The van der Waals surface area contributed by atoms with Gasteiger partial charge in [-0.2, -0.15) is 0 Å². The number of rotatable bonds is 8. The van der Waals surface area contributed by atoms with Gasteiger partial charge in [-0.25, -0.2) is 9.59 Å². The Morgan fingerprint density at radius 2 is 1.39 bits per heavy atom. The molecule has 0 atom stereocenters. The van der Waals surface area contributed by atoms with Crippen molar-refractivity contribution in [2.75, 3.05) is 27.9 Å². The Hall–Kier alpha value is -3.26. The van der Waals surface area contributed by atoms with Crippen molar-refractivity contribution in [3.63, 3.8) is 0 Å². The van der Waals surface area contributed by atoms with E-state index in [1.165, 1.54) is 5.56 Å². The molecule has 0 amide bonds. The van der Waals surface area contributed by atoms with Crippen molar-refractivity contribution in [1.82, 2.24) is 5.32 Å². The summed E-state index contributed by atoms with van der Waals surface area (Å²) in [5.74, 6) is -1.66. The van der Waals surface area contributed by atoms with E-state index in [0.29, 0.717) is 17.2 Å². The van der Waals surface area contributed by atoms with Crippen molar-refractivity contribution in [2.45, 2.75) is 13.0 Å². The molecule has 0 bridgehead atoms. The highest BCUT2D eigenvalue weighted by Gasteiger charge is 2.12. The normalized spacial score (nSPS) is 9.68. The predicted molar refractivity (Wildman–Crippen MR) is 103 cm³/mol. The van der Waals surface area contributed by atoms with Crippen LogP contribution in [0.4, 0.5) is 0 Å². The Kier molecular flexibility index (Phi) is 9.91. The van der Waals surface area contributed by atoms with E-state index in [1.54, 1.807) is 21.3 Å². The number of carbonyl (C=O) groups is 2. The third kappa shape index (κ3) is 7.55. The highest BCUT2D eigenvalue weighted by Crippen LogP contribution is 2.38. The van der Waals surface area contributed by atoms with Crippen LogP contribution in [0.15, 0.2) is 42.5 Å². The molecule has 2 aromatic rings. The Morgan fingerprint density at radius 3 is 1.82 bits per heavy atom. The summed E-state index contributed by atoms with van der Waals surface area (Å²) < 4.78 is 16.1. The number of hydrogen-bond acceptors (Lipinski definition) is 6. The fourth-order valence-electron chi connectivity index (χ4n) is 2.35. The molecule has 0 saturated carbocycles. The molecular formula is C20H25NO7. The zero-order valence-corrected chi connectivity index (χ0v) is 16.1. The fraction of sp³-hybridized carbons (Fsp3) is 0.300. The van der Waals surface area contributed by atoms with E-state index >= 15 is 0 Å². The zero-order chi connectivity index (χ0) is 20.9. The number of hydrogen-bond donors (Lipinski definition) is 3. The molecule has 28 heavy (non-hydrogen) atoms. The maximum Gasteiger partial charge on any atom is 0.414 e. The van der Waals surface area contributed by atoms with Gasteiger partial charge in [-0.05, 0) is 36.2 Å². The summed E-state index contributed by atoms with van der Waals surface area (Å²) in [6, 6.07) is 14.4. The molecule has 2 rings (SSSR count). The standard InChI is InChI=1S/C18H23NO3.C2H2O4/c1-20-16-11-15(12-17(21-2)18(16)22-3)13-19-10-9-14-7-5-4-6-8-14;3-1(4)2(5)6/h4-8,11-12,19H,9-10,13H2,1-3H3;(H,3,4)(H,5,6). The number of carboxylic acid groups (broad SMARTS) is 2. The number of carboxylic acids is 2. The molecule has 0 saturated heterocycles. The van der Waals surface area contributed by atoms with E-state index in [1.807, 2.05) is 18.2 Å². The van der Waals surface area contributed by atoms with Crippen molar-refractivity contribution in [2.24, 2.45) is 0 Å². The summed E-state index contributed by atoms with van der Waals surface area (Å²) in [6.45, 7) is 1.67. The maximum atomic E-state index is 9.10. The van der Waals surface area contributed by atoms with Crippen LogP contribution in [0.2, 0.25) is 0 Å². The van der Waals surface area contributed by atoms with Crippen molar-refractivity contribution < 1.29 is 34.0 Å². The van der Waals surface area contributed by atoms with Gasteiger partial charge in [-0.3, -0.25) is 0 Å². The van der Waals surface area contributed by atoms with E-state index in [-0.39, 0.29) is 0 Å². The second-order valence-electron chi connectivity index (χ2n) is 5.56. The third-order valence-electron chi connectivity index (χ3n) is 3.67. The van der Waals surface area contributed by atoms with Gasteiger partial charge in [0.1, 0.15) is 0 Å². The van der Waals surface area contributed by atoms with Crippen LogP contribution in [0.3, 0.4) is 0 Å². The van der Waals surface area contributed by atoms with Gasteiger partial charge in [0.2, 0.25) is 5.75 Å². The second-order valence-corrected chi connectivity index (χ2v) is 5.56. The average Bonchev–Trinajstić information content (AvgIpc) is 2.71. The SMILES string of the molecule is COc1cc(CNCCc2ccccc2)cc(OC)c1OC.O=C(O)C(=O)O. The molecule has 0 aliphatic rings. The molecule has 0 radical (unpaired) electrons. The summed E-state index contributed by atoms with van der Waals surface area (Å²) in [5, 5.41) is 18.2. The van der Waals surface area contributed by atoms with Gasteiger partial charge >= 0.3 is 11.9 Å². The summed E-state index contributed by atoms with van der Waals surface area (Å²) in [6.07, 6.45) is 1.01. The lowest BCUT2D eigenvalue weighted by atomic mass is 10.1. The first-order valence-corrected chi connectivity index (χ1v) is 8.42. The monoisotopic (exact) mass is 391 g/mol. The van der Waals surface area contributed by atoms with Crippen LogP contribution >= 0.6 is 0 Å². The minimum absolute atomic E-state index is 0.623. The number of aliphatic carboxylic acids is 2. The van der Waals surface area contributed by atoms with Crippen LogP contribution in [0.25, 0.3) is 0 Å². The molecule has 8 nitrogen and oxygen atoms in total. The quantitative estimate of drug-likeness (QED) is 0.463. The number of methoxy groups -OCH3 is 3. The van der Waals surface area contributed by atoms with Gasteiger partial charge in [0.05, 0.1) is 21.3 Å². The molecule has 0 unspecified atom stereocenters. The van der Waals surface area contributed by atoms with Crippen LogP contribution in [-0.4, -0.2) is 50.0 Å². The number of ether oxygens (including phenoxy) is 3. The largest absolute Gasteiger partial charge is 0.493 e. The average molecular weight is 391 g/mol. The highest BCUT2D eigenvalue weighted by molar-refractivity contribution is 6.27. The van der Waals surface area contributed by atoms with Crippen molar-refractivity contribution >= 4 is 11.9 Å². The first kappa shape index (κ1) is 22.8. The minimum atomic E-state index is -1.82. The van der Waals surface area contributed by atoms with Crippen LogP contribution in [0, 0.1) is 0 Å². The van der Waals surface area contributed by atoms with Crippen molar-refractivity contribution in [3.05, 3.63) is 53.6 Å². The lowest BCUT2D eigenvalue weighted by Gasteiger charge is -2.14. The minimum Gasteiger partial charge on any atom is -0.493 e. The van der Waals surface area contributed by atoms with Gasteiger partial charge in [0.25, 0.3) is 0 Å². The van der Waals surface area contributed by atoms with Crippen molar-refractivity contribution in [1.29, 1.82) is 0 Å². The Bertz CT molecular complexity index is 725. The summed E-state index contributed by atoms with van der Waals surface area (Å²) >= 11 is 0. The van der Waals surface area contributed by atoms with Crippen LogP contribution in [-0.2, 0) is 22.6 Å². The van der Waals surface area contributed by atoms with E-state index in [2.05, 4.69) is 29.6 Å². The molecular weight excluding hydrogens is 366 g/mol. The first-order valence-electron chi connectivity index (χ1n) is 8.42. The molecule has 0 aliphatic heterocycles. The lowest BCUT2D eigenvalue weighted by Crippen LogP contribution is -2.16. The molecule has 0 aromatic heterocycles. The zero-order valence-electron chi connectivity index (χ0n) is 16.1. The maximum absolute atomic E-state index is 9.10. The Morgan fingerprint density at radius 1 is 0.857 bits per heavy atom. The second kappa shape index (κ2) is 12.2. The molecule has 0 fully saturated rings. The molecule has 0 spiro atoms. The van der Waals surface area contributed by atoms with Crippen molar-refractivity contribution in [3.8, 4) is 17.2 Å². The van der Waals surface area contributed by atoms with Crippen LogP contribution < -0.4 is 19.5 Å². The third-order valence-corrected chi connectivity index (χ3v) is 3.67. The lowest BCUT2D eigenvalue weighted by molar-refractivity contribution is -0.159. The molecule has 152 valence electrons. The van der Waals surface area contributed by atoms with Gasteiger partial charge in [0, 0.05) is 6.54 Å². The van der Waals surface area contributed by atoms with E-state index in [4.69, 9.17) is 34.0 Å². The summed E-state index contributed by atoms with van der Waals surface area (Å²) in [4.78, 5) is 18.2. The van der Waals surface area contributed by atoms with Gasteiger partial charge < -0.3 is 29.7 Å². The number of nitrogens with one attached hydrogen (secondary N) is 1. The smallest absolute Gasteiger partial charge is 0.414 e. The summed E-state index contributed by atoms with van der Waals surface area (Å²) in [5.41, 5.74) is 2.43. The molecule has 2 aromatic carbocycles.